The largest absolute Gasteiger partial charge is 0.507 e. The van der Waals surface area contributed by atoms with E-state index in [0.29, 0.717) is 48.8 Å². The highest BCUT2D eigenvalue weighted by molar-refractivity contribution is 6.58. The topological polar surface area (TPSA) is 98.2 Å². The van der Waals surface area contributed by atoms with E-state index in [1.54, 1.807) is 30.3 Å². The van der Waals surface area contributed by atoms with Crippen molar-refractivity contribution < 1.29 is 46.2 Å². The van der Waals surface area contributed by atoms with Crippen LogP contribution in [0.3, 0.4) is 0 Å². The van der Waals surface area contributed by atoms with Crippen molar-refractivity contribution >= 4 is 63.3 Å². The molecule has 4 aromatic carbocycles. The number of rotatable bonds is 5. The highest BCUT2D eigenvalue weighted by Gasteiger charge is 2.77. The van der Waals surface area contributed by atoms with Gasteiger partial charge in [-0.1, -0.05) is 72.3 Å². The number of imide groups is 2. The van der Waals surface area contributed by atoms with Gasteiger partial charge in [0.05, 0.1) is 11.8 Å². The maximum atomic E-state index is 15.4. The predicted octanol–water partition coefficient (Wildman–Crippen LogP) is 7.47. The molecule has 8 nitrogen and oxygen atoms in total. The van der Waals surface area contributed by atoms with Gasteiger partial charge < -0.3 is 5.11 Å². The number of halogens is 7. The van der Waals surface area contributed by atoms with Gasteiger partial charge in [0.2, 0.25) is 17.6 Å². The van der Waals surface area contributed by atoms with Gasteiger partial charge in [0, 0.05) is 37.0 Å². The summed E-state index contributed by atoms with van der Waals surface area (Å²) in [4.78, 5) is 56.2. The van der Waals surface area contributed by atoms with Gasteiger partial charge in [-0.05, 0) is 54.2 Å². The number of alkyl halides is 2. The standard InChI is InChI=1S/C42H32Cl2F5N3O5/c43-41-18-27-25(10-11-26-29(27)38(55)51(37(26)54)21-14-16-50(17-15-21)19-20-6-2-1-3-7-20)30(24-12-13-28(53)23-9-5-4-8-22(23)24)42(41,44)40(57)52(39(41)56)36-34(48)32(46)31(45)33(47)35(36)49/h1-10,12-13,21,26-27,29-30,53H,11,14-19H2/t26-,27+,29-,30-,41+,42-/m0/s1. The molecular formula is C42H32Cl2F5N3O5. The number of anilines is 1. The van der Waals surface area contributed by atoms with Crippen LogP contribution in [0.4, 0.5) is 27.6 Å². The molecule has 0 radical (unpaired) electrons. The van der Waals surface area contributed by atoms with Crippen LogP contribution >= 0.6 is 23.2 Å². The Hall–Kier alpha value is -4.85. The van der Waals surface area contributed by atoms with Crippen molar-refractivity contribution in [3.63, 3.8) is 0 Å². The highest BCUT2D eigenvalue weighted by Crippen LogP contribution is 2.66. The Balaban J connectivity index is 1.14. The number of nitrogens with zero attached hydrogens (tertiary/aromatic N) is 3. The molecule has 3 saturated heterocycles. The van der Waals surface area contributed by atoms with Gasteiger partial charge in [0.15, 0.2) is 33.0 Å². The maximum Gasteiger partial charge on any atom is 0.258 e. The van der Waals surface area contributed by atoms with Crippen LogP contribution in [-0.4, -0.2) is 67.4 Å². The minimum absolute atomic E-state index is 0.0443. The van der Waals surface area contributed by atoms with E-state index in [9.17, 15) is 37.5 Å². The number of allylic oxidation sites excluding steroid dienone is 2. The van der Waals surface area contributed by atoms with E-state index in [1.807, 2.05) is 30.3 Å². The van der Waals surface area contributed by atoms with Crippen LogP contribution in [0.2, 0.25) is 0 Å². The SMILES string of the molecule is O=C1[C@H]2[C@H](CC=C3[C@H]2C[C@@]2(Cl)C(=O)N(c4c(F)c(F)c(F)c(F)c4F)C(=O)[C@@]2(Cl)[C@H]3c2ccc(O)c3ccccc23)C(=O)N1C1CCN(Cc2ccccc2)CC1. The van der Waals surface area contributed by atoms with Crippen LogP contribution < -0.4 is 4.90 Å². The molecule has 4 fully saturated rings. The molecule has 6 atom stereocenters. The van der Waals surface area contributed by atoms with Crippen molar-refractivity contribution in [1.82, 2.24) is 9.80 Å². The van der Waals surface area contributed by atoms with Crippen molar-refractivity contribution in [1.29, 1.82) is 0 Å². The Kier molecular flexibility index (Phi) is 8.83. The molecule has 9 rings (SSSR count). The number of likely N-dealkylation sites (tertiary alicyclic amines) is 2. The lowest BCUT2D eigenvalue weighted by Crippen LogP contribution is -2.60. The summed E-state index contributed by atoms with van der Waals surface area (Å²) in [5, 5.41) is 11.4. The molecule has 0 unspecified atom stereocenters. The molecule has 1 saturated carbocycles. The highest BCUT2D eigenvalue weighted by atomic mass is 35.5. The second-order valence-corrected chi connectivity index (χ2v) is 16.7. The van der Waals surface area contributed by atoms with Crippen LogP contribution in [0.5, 0.6) is 5.75 Å². The van der Waals surface area contributed by atoms with Crippen molar-refractivity contribution in [2.45, 2.75) is 53.9 Å². The zero-order valence-electron chi connectivity index (χ0n) is 29.8. The molecule has 57 heavy (non-hydrogen) atoms. The third kappa shape index (κ3) is 5.20. The number of carbonyl (C=O) groups excluding carboxylic acids is 4. The summed E-state index contributed by atoms with van der Waals surface area (Å²) in [5.74, 6) is -20.8. The molecule has 4 aromatic rings. The Morgan fingerprint density at radius 1 is 0.719 bits per heavy atom. The van der Waals surface area contributed by atoms with E-state index in [1.165, 1.54) is 17.0 Å². The fraction of sp³-hybridized carbons (Fsp3) is 0.333. The van der Waals surface area contributed by atoms with Gasteiger partial charge >= 0.3 is 0 Å². The third-order valence-electron chi connectivity index (χ3n) is 12.7. The number of aromatic hydroxyl groups is 1. The molecule has 1 N–H and O–H groups in total. The van der Waals surface area contributed by atoms with E-state index < -0.39 is 104 Å². The fourth-order valence-corrected chi connectivity index (χ4v) is 11.0. The zero-order valence-corrected chi connectivity index (χ0v) is 31.3. The predicted molar refractivity (Wildman–Crippen MR) is 199 cm³/mol. The van der Waals surface area contributed by atoms with E-state index in [-0.39, 0.29) is 22.6 Å². The third-order valence-corrected chi connectivity index (χ3v) is 14.1. The number of fused-ring (bicyclic) bond motifs is 5. The molecule has 15 heteroatoms. The van der Waals surface area contributed by atoms with Crippen LogP contribution in [0.1, 0.15) is 42.7 Å². The summed E-state index contributed by atoms with van der Waals surface area (Å²) in [6.45, 7) is 1.95. The quantitative estimate of drug-likeness (QED) is 0.0561. The number of phenols is 1. The number of hydrogen-bond acceptors (Lipinski definition) is 6. The first-order valence-corrected chi connectivity index (χ1v) is 19.3. The zero-order chi connectivity index (χ0) is 40.3. The number of benzene rings is 4. The number of carbonyl (C=O) groups is 4. The van der Waals surface area contributed by atoms with E-state index >= 15 is 8.78 Å². The lowest BCUT2D eigenvalue weighted by Gasteiger charge is -2.51. The van der Waals surface area contributed by atoms with Gasteiger partial charge in [-0.25, -0.2) is 26.9 Å². The lowest BCUT2D eigenvalue weighted by atomic mass is 9.56. The van der Waals surface area contributed by atoms with E-state index in [2.05, 4.69) is 4.90 Å². The van der Waals surface area contributed by atoms with Crippen LogP contribution in [0, 0.1) is 46.8 Å². The van der Waals surface area contributed by atoms with Crippen molar-refractivity contribution in [3.8, 4) is 5.75 Å². The Labute approximate surface area is 332 Å². The number of phenolic OH excluding ortho intramolecular Hbond substituents is 1. The lowest BCUT2D eigenvalue weighted by molar-refractivity contribution is -0.144. The van der Waals surface area contributed by atoms with Gasteiger partial charge in [-0.15, -0.1) is 23.2 Å². The molecule has 0 aromatic heterocycles. The second kappa shape index (κ2) is 13.4. The monoisotopic (exact) mass is 823 g/mol. The number of amides is 4. The molecule has 5 aliphatic rings. The molecule has 3 heterocycles. The average molecular weight is 825 g/mol. The molecular weight excluding hydrogens is 792 g/mol. The van der Waals surface area contributed by atoms with Crippen molar-refractivity contribution in [2.24, 2.45) is 17.8 Å². The summed E-state index contributed by atoms with van der Waals surface area (Å²) in [6, 6.07) is 18.7. The fourth-order valence-electron chi connectivity index (χ4n) is 10.0. The Morgan fingerprint density at radius 2 is 1.33 bits per heavy atom. The summed E-state index contributed by atoms with van der Waals surface area (Å²) in [5.41, 5.74) is -0.125. The van der Waals surface area contributed by atoms with Gasteiger partial charge in [0.1, 0.15) is 11.4 Å². The Morgan fingerprint density at radius 3 is 2.00 bits per heavy atom. The molecule has 0 bridgehead atoms. The number of hydrogen-bond donors (Lipinski definition) is 1. The Bertz CT molecular complexity index is 2430. The second-order valence-electron chi connectivity index (χ2n) is 15.5. The number of piperidine rings is 1. The summed E-state index contributed by atoms with van der Waals surface area (Å²) >= 11 is 14.7. The molecule has 0 spiro atoms. The normalized spacial score (nSPS) is 29.2. The van der Waals surface area contributed by atoms with E-state index in [4.69, 9.17) is 23.2 Å². The van der Waals surface area contributed by atoms with Crippen LogP contribution in [0.25, 0.3) is 10.8 Å². The first-order chi connectivity index (χ1) is 27.2. The van der Waals surface area contributed by atoms with Gasteiger partial charge in [0.25, 0.3) is 11.8 Å². The van der Waals surface area contributed by atoms with Gasteiger partial charge in [-0.2, -0.15) is 0 Å². The van der Waals surface area contributed by atoms with Gasteiger partial charge in [-0.3, -0.25) is 29.0 Å². The molecule has 3 aliphatic heterocycles. The van der Waals surface area contributed by atoms with Crippen LogP contribution in [-0.2, 0) is 25.7 Å². The smallest absolute Gasteiger partial charge is 0.258 e. The van der Waals surface area contributed by atoms with Crippen molar-refractivity contribution in [2.75, 3.05) is 18.0 Å². The first kappa shape index (κ1) is 37.7. The van der Waals surface area contributed by atoms with E-state index in [0.717, 1.165) is 5.56 Å². The average Bonchev–Trinajstić information content (AvgIpc) is 3.55. The summed E-state index contributed by atoms with van der Waals surface area (Å²) in [7, 11) is 0. The minimum atomic E-state index is -2.67. The van der Waals surface area contributed by atoms with Crippen molar-refractivity contribution in [3.05, 3.63) is 119 Å². The first-order valence-electron chi connectivity index (χ1n) is 18.5. The molecule has 2 aliphatic carbocycles. The maximum absolute atomic E-state index is 15.4. The summed E-state index contributed by atoms with van der Waals surface area (Å²) in [6.07, 6.45) is 2.17. The minimum Gasteiger partial charge on any atom is -0.507 e. The molecule has 294 valence electrons. The molecule has 4 amide bonds. The summed E-state index contributed by atoms with van der Waals surface area (Å²) < 4.78 is 74.3. The van der Waals surface area contributed by atoms with Crippen LogP contribution in [0.15, 0.2) is 78.4 Å².